The third-order valence-corrected chi connectivity index (χ3v) is 7.68. The summed E-state index contributed by atoms with van der Waals surface area (Å²) in [7, 11) is 3.25. The van der Waals surface area contributed by atoms with Crippen LogP contribution < -0.4 is 20.1 Å². The molecule has 11 heteroatoms. The molecule has 0 spiro atoms. The number of carbonyl (C=O) groups is 3. The van der Waals surface area contributed by atoms with Crippen LogP contribution in [0.5, 0.6) is 11.5 Å². The minimum absolute atomic E-state index is 0.152. The second-order valence-corrected chi connectivity index (χ2v) is 10.7. The molecule has 1 fully saturated rings. The number of nitrogens with one attached hydrogen (secondary N) is 2. The molecule has 222 valence electrons. The smallest absolute Gasteiger partial charge is 0.321 e. The molecular formula is C30H40N4O7. The van der Waals surface area contributed by atoms with Crippen molar-refractivity contribution in [2.75, 3.05) is 57.7 Å². The van der Waals surface area contributed by atoms with Gasteiger partial charge in [-0.15, -0.1) is 0 Å². The van der Waals surface area contributed by atoms with Crippen molar-refractivity contribution in [2.24, 2.45) is 11.8 Å². The minimum atomic E-state index is -0.525. The van der Waals surface area contributed by atoms with Crippen molar-refractivity contribution in [3.8, 4) is 11.5 Å². The molecule has 2 aliphatic heterocycles. The third-order valence-electron chi connectivity index (χ3n) is 7.68. The van der Waals surface area contributed by atoms with E-state index in [9.17, 15) is 19.5 Å². The maximum absolute atomic E-state index is 13.7. The number of aliphatic hydroxyl groups excluding tert-OH is 1. The van der Waals surface area contributed by atoms with Crippen LogP contribution in [0.15, 0.2) is 42.5 Å². The van der Waals surface area contributed by atoms with Gasteiger partial charge in [0.15, 0.2) is 5.75 Å². The van der Waals surface area contributed by atoms with Crippen LogP contribution >= 0.6 is 0 Å². The lowest BCUT2D eigenvalue weighted by molar-refractivity contribution is -0.122. The Morgan fingerprint density at radius 1 is 1.15 bits per heavy atom. The number of hydrogen-bond acceptors (Lipinski definition) is 7. The number of nitrogens with zero attached hydrogens (tertiary/aromatic N) is 2. The molecule has 3 atom stereocenters. The van der Waals surface area contributed by atoms with E-state index >= 15 is 0 Å². The average molecular weight is 569 g/mol. The Balaban J connectivity index is 1.60. The molecule has 3 N–H and O–H groups in total. The van der Waals surface area contributed by atoms with Crippen LogP contribution in [-0.2, 0) is 9.53 Å². The first-order chi connectivity index (χ1) is 19.7. The molecule has 0 unspecified atom stereocenters. The van der Waals surface area contributed by atoms with Gasteiger partial charge in [-0.05, 0) is 56.2 Å². The molecule has 0 radical (unpaired) electrons. The summed E-state index contributed by atoms with van der Waals surface area (Å²) in [6.07, 6.45) is 0.717. The number of benzene rings is 2. The van der Waals surface area contributed by atoms with E-state index in [1.54, 1.807) is 68.4 Å². The third kappa shape index (κ3) is 7.28. The van der Waals surface area contributed by atoms with Crippen molar-refractivity contribution in [1.29, 1.82) is 0 Å². The van der Waals surface area contributed by atoms with Gasteiger partial charge in [-0.25, -0.2) is 4.79 Å². The topological polar surface area (TPSA) is 130 Å². The number of aliphatic hydroxyl groups is 1. The highest BCUT2D eigenvalue weighted by Crippen LogP contribution is 2.35. The molecule has 4 amide bonds. The van der Waals surface area contributed by atoms with E-state index in [4.69, 9.17) is 14.2 Å². The van der Waals surface area contributed by atoms with E-state index in [0.29, 0.717) is 49.7 Å². The zero-order chi connectivity index (χ0) is 29.5. The highest BCUT2D eigenvalue weighted by Gasteiger charge is 2.35. The Bertz CT molecular complexity index is 1220. The predicted molar refractivity (Wildman–Crippen MR) is 154 cm³/mol. The minimum Gasteiger partial charge on any atom is -0.497 e. The number of carbonyl (C=O) groups excluding carboxylic acids is 3. The van der Waals surface area contributed by atoms with Crippen LogP contribution in [0, 0.1) is 11.8 Å². The molecule has 4 rings (SSSR count). The Morgan fingerprint density at radius 2 is 1.85 bits per heavy atom. The van der Waals surface area contributed by atoms with Gasteiger partial charge in [0.2, 0.25) is 5.91 Å². The molecule has 0 saturated carbocycles. The van der Waals surface area contributed by atoms with Gasteiger partial charge < -0.3 is 39.8 Å². The number of fused-ring (bicyclic) bond motifs is 1. The van der Waals surface area contributed by atoms with Crippen molar-refractivity contribution >= 4 is 29.2 Å². The van der Waals surface area contributed by atoms with Crippen LogP contribution in [0.4, 0.5) is 16.2 Å². The lowest BCUT2D eigenvalue weighted by Gasteiger charge is -2.38. The quantitative estimate of drug-likeness (QED) is 0.445. The second-order valence-electron chi connectivity index (χ2n) is 10.7. The fourth-order valence-corrected chi connectivity index (χ4v) is 5.00. The lowest BCUT2D eigenvalue weighted by atomic mass is 9.98. The summed E-state index contributed by atoms with van der Waals surface area (Å²) in [5.74, 6) is 0.0886. The summed E-state index contributed by atoms with van der Waals surface area (Å²) in [6.45, 7) is 5.10. The Labute approximate surface area is 240 Å². The Morgan fingerprint density at radius 3 is 2.51 bits per heavy atom. The highest BCUT2D eigenvalue weighted by atomic mass is 16.5. The zero-order valence-corrected chi connectivity index (χ0v) is 24.1. The number of hydrogen-bond donors (Lipinski definition) is 3. The SMILES string of the molecule is COc1ccc(NC(=O)N(C)C[C@@H]2Oc3c(NC(=O)C4CCOCC4)cccc3C(=O)N([C@H](C)CO)C[C@H]2C)cc1. The van der Waals surface area contributed by atoms with Gasteiger partial charge in [-0.2, -0.15) is 0 Å². The van der Waals surface area contributed by atoms with Crippen molar-refractivity contribution in [2.45, 2.75) is 38.8 Å². The van der Waals surface area contributed by atoms with E-state index in [1.807, 2.05) is 6.92 Å². The molecule has 41 heavy (non-hydrogen) atoms. The summed E-state index contributed by atoms with van der Waals surface area (Å²) < 4.78 is 17.1. The standard InChI is InChI=1S/C30H40N4O7/c1-19-16-34(20(2)18-35)29(37)24-6-5-7-25(32-28(36)21-12-14-40-15-13-21)27(24)41-26(19)17-33(3)30(38)31-22-8-10-23(39-4)11-9-22/h5-11,19-21,26,35H,12-18H2,1-4H3,(H,31,38)(H,32,36)/t19-,20-,26+/m1/s1. The van der Waals surface area contributed by atoms with Gasteiger partial charge in [-0.1, -0.05) is 13.0 Å². The highest BCUT2D eigenvalue weighted by molar-refractivity contribution is 6.02. The van der Waals surface area contributed by atoms with Crippen molar-refractivity contribution < 1.29 is 33.7 Å². The summed E-state index contributed by atoms with van der Waals surface area (Å²) >= 11 is 0. The molecular weight excluding hydrogens is 528 g/mol. The summed E-state index contributed by atoms with van der Waals surface area (Å²) in [5, 5.41) is 15.8. The number of anilines is 2. The number of amides is 4. The lowest BCUT2D eigenvalue weighted by Crippen LogP contribution is -2.50. The number of methoxy groups -OCH3 is 1. The maximum Gasteiger partial charge on any atom is 0.321 e. The van der Waals surface area contributed by atoms with E-state index in [0.717, 1.165) is 0 Å². The average Bonchev–Trinajstić information content (AvgIpc) is 2.99. The fraction of sp³-hybridized carbons (Fsp3) is 0.500. The van der Waals surface area contributed by atoms with Gasteiger partial charge in [0, 0.05) is 44.3 Å². The predicted octanol–water partition coefficient (Wildman–Crippen LogP) is 3.44. The molecule has 0 aliphatic carbocycles. The van der Waals surface area contributed by atoms with E-state index < -0.39 is 12.1 Å². The van der Waals surface area contributed by atoms with Crippen molar-refractivity contribution in [3.63, 3.8) is 0 Å². The largest absolute Gasteiger partial charge is 0.497 e. The Hall–Kier alpha value is -3.83. The van der Waals surface area contributed by atoms with Crippen LogP contribution in [-0.4, -0.2) is 92.0 Å². The van der Waals surface area contributed by atoms with Crippen LogP contribution in [0.1, 0.15) is 37.0 Å². The number of ether oxygens (including phenoxy) is 3. The molecule has 2 heterocycles. The van der Waals surface area contributed by atoms with E-state index in [2.05, 4.69) is 10.6 Å². The fourth-order valence-electron chi connectivity index (χ4n) is 5.00. The maximum atomic E-state index is 13.7. The van der Waals surface area contributed by atoms with Gasteiger partial charge in [0.05, 0.1) is 37.6 Å². The zero-order valence-electron chi connectivity index (χ0n) is 24.1. The first kappa shape index (κ1) is 30.1. The monoisotopic (exact) mass is 568 g/mol. The molecule has 2 aromatic carbocycles. The van der Waals surface area contributed by atoms with E-state index in [-0.39, 0.29) is 54.1 Å². The normalized spacial score (nSPS) is 20.1. The summed E-state index contributed by atoms with van der Waals surface area (Å²) in [6, 6.07) is 11.3. The van der Waals surface area contributed by atoms with Crippen LogP contribution in [0.3, 0.4) is 0 Å². The van der Waals surface area contributed by atoms with Crippen molar-refractivity contribution in [3.05, 3.63) is 48.0 Å². The number of rotatable bonds is 8. The second kappa shape index (κ2) is 13.7. The molecule has 0 aromatic heterocycles. The molecule has 1 saturated heterocycles. The van der Waals surface area contributed by atoms with Gasteiger partial charge in [-0.3, -0.25) is 9.59 Å². The molecule has 0 bridgehead atoms. The van der Waals surface area contributed by atoms with Crippen LogP contribution in [0.2, 0.25) is 0 Å². The Kier molecular flexibility index (Phi) is 10.1. The first-order valence-corrected chi connectivity index (χ1v) is 14.0. The number of urea groups is 1. The van der Waals surface area contributed by atoms with Gasteiger partial charge >= 0.3 is 6.03 Å². The van der Waals surface area contributed by atoms with Crippen molar-refractivity contribution in [1.82, 2.24) is 9.80 Å². The van der Waals surface area contributed by atoms with E-state index in [1.165, 1.54) is 4.90 Å². The van der Waals surface area contributed by atoms with Gasteiger partial charge in [0.25, 0.3) is 5.91 Å². The summed E-state index contributed by atoms with van der Waals surface area (Å²) in [5.41, 5.74) is 1.30. The molecule has 2 aliphatic rings. The van der Waals surface area contributed by atoms with Gasteiger partial charge in [0.1, 0.15) is 11.9 Å². The summed E-state index contributed by atoms with van der Waals surface area (Å²) in [4.78, 5) is 43.0. The number of para-hydroxylation sites is 1. The molecule has 2 aromatic rings. The molecule has 11 nitrogen and oxygen atoms in total. The van der Waals surface area contributed by atoms with Crippen LogP contribution in [0.25, 0.3) is 0 Å². The number of likely N-dealkylation sites (N-methyl/N-ethyl adjacent to an activating group) is 1. The first-order valence-electron chi connectivity index (χ1n) is 14.0.